The first-order chi connectivity index (χ1) is 24.7. The minimum Gasteiger partial charge on any atom is -0.482 e. The molecule has 1 aromatic rings. The second-order valence-corrected chi connectivity index (χ2v) is 17.8. The highest BCUT2D eigenvalue weighted by atomic mass is 16.7. The van der Waals surface area contributed by atoms with Gasteiger partial charge in [-0.1, -0.05) is 31.6 Å². The van der Waals surface area contributed by atoms with Gasteiger partial charge in [-0.25, -0.2) is 4.79 Å². The maximum atomic E-state index is 13.9. The van der Waals surface area contributed by atoms with Crippen LogP contribution in [0.2, 0.25) is 0 Å². The predicted octanol–water partition coefficient (Wildman–Crippen LogP) is 3.71. The number of ketones is 2. The van der Waals surface area contributed by atoms with E-state index in [0.717, 1.165) is 29.5 Å². The summed E-state index contributed by atoms with van der Waals surface area (Å²) in [6.45, 7) is 8.61. The van der Waals surface area contributed by atoms with Gasteiger partial charge in [-0.05, 0) is 112 Å². The molecule has 6 aliphatic carbocycles. The monoisotopic (exact) mass is 717 g/mol. The summed E-state index contributed by atoms with van der Waals surface area (Å²) in [5, 5.41) is 47.5. The molecular formula is C41H51NO10. The number of carbonyl (C=O) groups excluding carboxylic acids is 3. The molecule has 280 valence electrons. The van der Waals surface area contributed by atoms with E-state index < -0.39 is 58.9 Å². The molecule has 2 bridgehead atoms. The molecule has 0 aromatic heterocycles. The molecule has 2 heterocycles. The Labute approximate surface area is 304 Å². The van der Waals surface area contributed by atoms with Crippen LogP contribution in [0.5, 0.6) is 11.5 Å². The van der Waals surface area contributed by atoms with Crippen molar-refractivity contribution in [3.05, 3.63) is 47.6 Å². The fourth-order valence-corrected chi connectivity index (χ4v) is 13.6. The van der Waals surface area contributed by atoms with Gasteiger partial charge in [-0.15, -0.1) is 6.58 Å². The molecule has 1 unspecified atom stereocenters. The van der Waals surface area contributed by atoms with Gasteiger partial charge in [0.25, 0.3) is 0 Å². The zero-order valence-corrected chi connectivity index (χ0v) is 30.1. The Kier molecular flexibility index (Phi) is 7.64. The lowest BCUT2D eigenvalue weighted by atomic mass is 9.45. The van der Waals surface area contributed by atoms with E-state index in [1.807, 2.05) is 19.1 Å². The summed E-state index contributed by atoms with van der Waals surface area (Å²) in [5.41, 5.74) is -2.12. The number of carbonyl (C=O) groups is 3. The van der Waals surface area contributed by atoms with E-state index in [9.17, 15) is 34.8 Å². The van der Waals surface area contributed by atoms with Gasteiger partial charge in [-0.2, -0.15) is 0 Å². The average Bonchev–Trinajstić information content (AvgIpc) is 3.60. The van der Waals surface area contributed by atoms with Gasteiger partial charge < -0.3 is 34.6 Å². The standard InChI is InChI=1S/C41H51NO10/c1-4-16-42-17-15-39-32-22-5-8-29(34(32)52-35(39)27(44)11-14-40(39,48)30(42)18-22)51-36(47)50-21-31(46)41(49)13-10-26-25-7-6-23-19-24(43)9-12-37(23,2)33(25)28(45)20-38(26,41)3/h4-5,8,19,25-28,30,33,35,44-45,48-49H,1,6-7,9-18,20-21H2,2-3H3/t25-,26-,27?,28-,30+,33+,35-,37-,38-,39-,40+,41-/m0/s1. The third-order valence-electron chi connectivity index (χ3n) is 15.9. The number of hydrogen-bond donors (Lipinski definition) is 4. The molecule has 11 nitrogen and oxygen atoms in total. The molecule has 52 heavy (non-hydrogen) atoms. The van der Waals surface area contributed by atoms with Gasteiger partial charge >= 0.3 is 6.16 Å². The molecule has 1 aromatic carbocycles. The number of ether oxygens (including phenoxy) is 3. The highest BCUT2D eigenvalue weighted by Gasteiger charge is 2.73. The number of aliphatic hydroxyl groups excluding tert-OH is 2. The topological polar surface area (TPSA) is 163 Å². The Morgan fingerprint density at radius 1 is 1.06 bits per heavy atom. The predicted molar refractivity (Wildman–Crippen MR) is 187 cm³/mol. The number of piperidine rings is 1. The van der Waals surface area contributed by atoms with Crippen LogP contribution in [0, 0.1) is 28.6 Å². The van der Waals surface area contributed by atoms with Crippen LogP contribution in [-0.4, -0.2) is 98.3 Å². The van der Waals surface area contributed by atoms with Crippen molar-refractivity contribution in [2.24, 2.45) is 28.6 Å². The van der Waals surface area contributed by atoms with Crippen LogP contribution >= 0.6 is 0 Å². The minimum atomic E-state index is -1.79. The van der Waals surface area contributed by atoms with Gasteiger partial charge in [-0.3, -0.25) is 14.5 Å². The molecule has 1 saturated heterocycles. The second kappa shape index (κ2) is 11.5. The highest BCUT2D eigenvalue weighted by Crippen LogP contribution is 2.68. The Bertz CT molecular complexity index is 1790. The Morgan fingerprint density at radius 2 is 1.87 bits per heavy atom. The summed E-state index contributed by atoms with van der Waals surface area (Å²) in [7, 11) is 0. The van der Waals surface area contributed by atoms with Gasteiger partial charge in [0, 0.05) is 30.0 Å². The number of aliphatic hydroxyl groups is 4. The molecule has 0 amide bonds. The van der Waals surface area contributed by atoms with Gasteiger partial charge in [0.15, 0.2) is 23.9 Å². The van der Waals surface area contributed by atoms with Crippen LogP contribution in [0.25, 0.3) is 0 Å². The lowest BCUT2D eigenvalue weighted by Gasteiger charge is -2.63. The number of rotatable bonds is 6. The quantitative estimate of drug-likeness (QED) is 0.193. The summed E-state index contributed by atoms with van der Waals surface area (Å²) in [6, 6.07) is 3.34. The van der Waals surface area contributed by atoms with E-state index >= 15 is 0 Å². The van der Waals surface area contributed by atoms with E-state index in [1.165, 1.54) is 0 Å². The fourth-order valence-electron chi connectivity index (χ4n) is 13.6. The normalized spacial score (nSPS) is 45.4. The summed E-state index contributed by atoms with van der Waals surface area (Å²) in [4.78, 5) is 41.6. The molecule has 1 spiro atoms. The van der Waals surface area contributed by atoms with Gasteiger partial charge in [0.05, 0.1) is 23.2 Å². The highest BCUT2D eigenvalue weighted by molar-refractivity contribution is 5.92. The number of fused-ring (bicyclic) bond motifs is 5. The van der Waals surface area contributed by atoms with Crippen molar-refractivity contribution in [2.45, 2.75) is 125 Å². The lowest BCUT2D eigenvalue weighted by Crippen LogP contribution is -2.77. The first-order valence-corrected chi connectivity index (χ1v) is 19.3. The van der Waals surface area contributed by atoms with Gasteiger partial charge in [0.2, 0.25) is 5.78 Å². The second-order valence-electron chi connectivity index (χ2n) is 17.8. The molecule has 11 heteroatoms. The Balaban J connectivity index is 0.925. The molecule has 8 aliphatic rings. The van der Waals surface area contributed by atoms with E-state index in [-0.39, 0.29) is 53.6 Å². The number of likely N-dealkylation sites (tertiary alicyclic amines) is 1. The maximum Gasteiger partial charge on any atom is 0.514 e. The van der Waals surface area contributed by atoms with E-state index in [4.69, 9.17) is 14.2 Å². The van der Waals surface area contributed by atoms with Crippen LogP contribution in [-0.2, 0) is 26.2 Å². The summed E-state index contributed by atoms with van der Waals surface area (Å²) in [6.07, 6.45) is 5.97. The molecule has 0 radical (unpaired) electrons. The maximum absolute atomic E-state index is 13.9. The molecule has 5 fully saturated rings. The first kappa shape index (κ1) is 34.7. The smallest absolute Gasteiger partial charge is 0.482 e. The summed E-state index contributed by atoms with van der Waals surface area (Å²) < 4.78 is 17.5. The van der Waals surface area contributed by atoms with Crippen LogP contribution in [0.1, 0.15) is 89.2 Å². The molecule has 2 aliphatic heterocycles. The van der Waals surface area contributed by atoms with Crippen LogP contribution in [0.15, 0.2) is 36.4 Å². The summed E-state index contributed by atoms with van der Waals surface area (Å²) >= 11 is 0. The molecule has 9 rings (SSSR count). The van der Waals surface area contributed by atoms with Crippen LogP contribution in [0.4, 0.5) is 4.79 Å². The largest absolute Gasteiger partial charge is 0.514 e. The number of Topliss-reactive ketones (excluding diaryl/α,β-unsaturated/α-hetero) is 1. The van der Waals surface area contributed by atoms with Crippen molar-refractivity contribution >= 4 is 17.7 Å². The Morgan fingerprint density at radius 3 is 2.65 bits per heavy atom. The number of nitrogens with zero attached hydrogens (tertiary/aromatic N) is 1. The minimum absolute atomic E-state index is 0.00486. The number of hydrogen-bond acceptors (Lipinski definition) is 11. The third-order valence-corrected chi connectivity index (χ3v) is 15.9. The Hall–Kier alpha value is -3.09. The van der Waals surface area contributed by atoms with Crippen molar-refractivity contribution in [3.8, 4) is 11.5 Å². The molecule has 4 saturated carbocycles. The van der Waals surface area contributed by atoms with Crippen molar-refractivity contribution in [1.29, 1.82) is 0 Å². The third kappa shape index (κ3) is 4.28. The zero-order valence-electron chi connectivity index (χ0n) is 30.1. The van der Waals surface area contributed by atoms with Crippen LogP contribution in [0.3, 0.4) is 0 Å². The SMILES string of the molecule is C=CCN1CC[C@]23c4c5ccc(OC(=O)OCC(=O)[C@@]6(O)CC[C@H]7[C@@H]8CCC9=CC(=O)CC[C@]9(C)[C@H]8[C@@H](O)C[C@@]76C)c4O[C@H]2C(O)CC[C@@]3(O)[C@H]1C5. The molecular weight excluding hydrogens is 666 g/mol. The molecule has 4 N–H and O–H groups in total. The average molecular weight is 718 g/mol. The number of benzene rings is 1. The fraction of sp³-hybridized carbons (Fsp3) is 0.683. The zero-order chi connectivity index (χ0) is 36.6. The number of allylic oxidation sites excluding steroid dienone is 1. The molecule has 12 atom stereocenters. The van der Waals surface area contributed by atoms with Crippen molar-refractivity contribution in [1.82, 2.24) is 4.90 Å². The van der Waals surface area contributed by atoms with E-state index in [2.05, 4.69) is 18.4 Å². The van der Waals surface area contributed by atoms with Crippen LogP contribution < -0.4 is 9.47 Å². The van der Waals surface area contributed by atoms with E-state index in [0.29, 0.717) is 63.8 Å². The van der Waals surface area contributed by atoms with Crippen molar-refractivity contribution < 1.29 is 49.0 Å². The summed E-state index contributed by atoms with van der Waals surface area (Å²) in [5.74, 6) is -0.0226. The van der Waals surface area contributed by atoms with Crippen molar-refractivity contribution in [2.75, 3.05) is 19.7 Å². The lowest BCUT2D eigenvalue weighted by molar-refractivity contribution is -0.206. The van der Waals surface area contributed by atoms with Gasteiger partial charge in [0.1, 0.15) is 11.7 Å². The van der Waals surface area contributed by atoms with E-state index in [1.54, 1.807) is 12.1 Å². The first-order valence-electron chi connectivity index (χ1n) is 19.3. The van der Waals surface area contributed by atoms with Crippen molar-refractivity contribution in [3.63, 3.8) is 0 Å².